The van der Waals surface area contributed by atoms with E-state index >= 15 is 0 Å². The summed E-state index contributed by atoms with van der Waals surface area (Å²) < 4.78 is 20.7. The number of halogens is 2. The Hall–Kier alpha value is -2.88. The normalized spacial score (nSPS) is 11.9. The van der Waals surface area contributed by atoms with Gasteiger partial charge < -0.3 is 10.1 Å². The third kappa shape index (κ3) is 4.64. The van der Waals surface area contributed by atoms with Crippen molar-refractivity contribution in [3.63, 3.8) is 0 Å². The zero-order chi connectivity index (χ0) is 22.7. The molecular weight excluding hydrogens is 471 g/mol. The van der Waals surface area contributed by atoms with Gasteiger partial charge in [-0.05, 0) is 48.7 Å². The van der Waals surface area contributed by atoms with Gasteiger partial charge in [-0.25, -0.2) is 4.39 Å². The molecule has 0 saturated heterocycles. The predicted molar refractivity (Wildman–Crippen MR) is 127 cm³/mol. The molecule has 4 aromatic rings. The Labute approximate surface area is 197 Å². The van der Waals surface area contributed by atoms with Gasteiger partial charge >= 0.3 is 0 Å². The highest BCUT2D eigenvalue weighted by Gasteiger charge is 2.24. The van der Waals surface area contributed by atoms with Crippen molar-refractivity contribution in [1.82, 2.24) is 14.8 Å². The van der Waals surface area contributed by atoms with Gasteiger partial charge in [-0.3, -0.25) is 9.36 Å². The van der Waals surface area contributed by atoms with Gasteiger partial charge in [0.05, 0.1) is 33.6 Å². The number of ether oxygens (including phenoxy) is 1. The molecule has 1 amide bonds. The molecule has 2 aromatic carbocycles. The van der Waals surface area contributed by atoms with Crippen LogP contribution in [-0.4, -0.2) is 33.0 Å². The first-order chi connectivity index (χ1) is 15.5. The molecule has 6 nitrogen and oxygen atoms in total. The molecule has 0 saturated carbocycles. The summed E-state index contributed by atoms with van der Waals surface area (Å²) in [5.41, 5.74) is 1.11. The number of nitrogens with zero attached hydrogens (tertiary/aromatic N) is 3. The quantitative estimate of drug-likeness (QED) is 0.327. The smallest absolute Gasteiger partial charge is 0.237 e. The van der Waals surface area contributed by atoms with Crippen LogP contribution in [0.5, 0.6) is 5.75 Å². The van der Waals surface area contributed by atoms with E-state index in [0.717, 1.165) is 16.6 Å². The second-order valence-corrected chi connectivity index (χ2v) is 9.33. The number of para-hydroxylation sites is 2. The Morgan fingerprint density at radius 3 is 2.75 bits per heavy atom. The average Bonchev–Trinajstić information content (AvgIpc) is 3.45. The van der Waals surface area contributed by atoms with E-state index in [4.69, 9.17) is 16.3 Å². The lowest BCUT2D eigenvalue weighted by atomic mass is 10.3. The number of carbonyl (C=O) groups is 1. The third-order valence-electron chi connectivity index (χ3n) is 4.54. The molecule has 0 aliphatic rings. The van der Waals surface area contributed by atoms with E-state index in [2.05, 4.69) is 15.5 Å². The topological polar surface area (TPSA) is 69.0 Å². The molecule has 32 heavy (non-hydrogen) atoms. The minimum absolute atomic E-state index is 0.132. The van der Waals surface area contributed by atoms with E-state index in [1.807, 2.05) is 46.3 Å². The summed E-state index contributed by atoms with van der Waals surface area (Å²) in [4.78, 5) is 13.7. The van der Waals surface area contributed by atoms with E-state index in [1.54, 1.807) is 25.4 Å². The largest absolute Gasteiger partial charge is 0.495 e. The van der Waals surface area contributed by atoms with Crippen molar-refractivity contribution in [3.05, 3.63) is 70.8 Å². The summed E-state index contributed by atoms with van der Waals surface area (Å²) in [6.45, 7) is 1.75. The summed E-state index contributed by atoms with van der Waals surface area (Å²) >= 11 is 8.83. The number of nitrogens with one attached hydrogen (secondary N) is 1. The van der Waals surface area contributed by atoms with Crippen LogP contribution in [-0.2, 0) is 4.79 Å². The fraction of sp³-hybridized carbons (Fsp3) is 0.136. The average molecular weight is 489 g/mol. The molecule has 0 radical (unpaired) electrons. The molecule has 4 rings (SSSR count). The van der Waals surface area contributed by atoms with Crippen molar-refractivity contribution < 1.29 is 13.9 Å². The van der Waals surface area contributed by atoms with E-state index < -0.39 is 11.1 Å². The highest BCUT2D eigenvalue weighted by Crippen LogP contribution is 2.35. The van der Waals surface area contributed by atoms with Crippen molar-refractivity contribution in [1.29, 1.82) is 0 Å². The zero-order valence-corrected chi connectivity index (χ0v) is 19.5. The molecule has 0 spiro atoms. The molecule has 2 aromatic heterocycles. The van der Waals surface area contributed by atoms with Gasteiger partial charge in [-0.15, -0.1) is 21.5 Å². The standard InChI is InChI=1S/C22H18ClFN4O2S2/c1-13(21(29)25-16-10-9-14(24)12-15(16)23)32-22-27-26-20(19-8-5-11-31-19)28(22)17-6-3-4-7-18(17)30-2/h3-13H,1-2H3,(H,25,29)/t13-/m1/s1. The van der Waals surface area contributed by atoms with Crippen molar-refractivity contribution >= 4 is 46.3 Å². The summed E-state index contributed by atoms with van der Waals surface area (Å²) in [5, 5.41) is 13.6. The summed E-state index contributed by atoms with van der Waals surface area (Å²) in [5.74, 6) is 0.542. The molecule has 0 aliphatic heterocycles. The molecule has 0 bridgehead atoms. The second kappa shape index (κ2) is 9.72. The summed E-state index contributed by atoms with van der Waals surface area (Å²) in [6.07, 6.45) is 0. The maximum atomic E-state index is 13.3. The highest BCUT2D eigenvalue weighted by molar-refractivity contribution is 8.00. The fourth-order valence-corrected chi connectivity index (χ4v) is 4.75. The fourth-order valence-electron chi connectivity index (χ4n) is 2.98. The molecule has 1 N–H and O–H groups in total. The van der Waals surface area contributed by atoms with Crippen molar-refractivity contribution in [2.45, 2.75) is 17.3 Å². The first-order valence-corrected chi connectivity index (χ1v) is 11.7. The number of hydrogen-bond donors (Lipinski definition) is 1. The molecule has 0 unspecified atom stereocenters. The SMILES string of the molecule is COc1ccccc1-n1c(S[C@H](C)C(=O)Nc2ccc(F)cc2Cl)nnc1-c1cccs1. The van der Waals surface area contributed by atoms with Crippen molar-refractivity contribution in [2.24, 2.45) is 0 Å². The summed E-state index contributed by atoms with van der Waals surface area (Å²) in [6, 6.07) is 15.3. The number of carbonyl (C=O) groups excluding carboxylic acids is 1. The molecule has 1 atom stereocenters. The van der Waals surface area contributed by atoms with Gasteiger partial charge in [-0.2, -0.15) is 0 Å². The van der Waals surface area contributed by atoms with Crippen LogP contribution < -0.4 is 10.1 Å². The first-order valence-electron chi connectivity index (χ1n) is 9.53. The number of rotatable bonds is 7. The van der Waals surface area contributed by atoms with Crippen LogP contribution in [0.1, 0.15) is 6.92 Å². The van der Waals surface area contributed by atoms with E-state index in [1.165, 1.54) is 23.9 Å². The van der Waals surface area contributed by atoms with Crippen LogP contribution in [0.2, 0.25) is 5.02 Å². The molecular formula is C22H18ClFN4O2S2. The third-order valence-corrected chi connectivity index (χ3v) is 6.76. The van der Waals surface area contributed by atoms with Gasteiger partial charge in [0.15, 0.2) is 11.0 Å². The number of thiophene rings is 1. The molecule has 0 fully saturated rings. The minimum atomic E-state index is -0.537. The van der Waals surface area contributed by atoms with Gasteiger partial charge in [0.25, 0.3) is 0 Å². The second-order valence-electron chi connectivity index (χ2n) is 6.66. The van der Waals surface area contributed by atoms with Gasteiger partial charge in [-0.1, -0.05) is 41.6 Å². The number of methoxy groups -OCH3 is 1. The van der Waals surface area contributed by atoms with E-state index in [0.29, 0.717) is 22.4 Å². The zero-order valence-electron chi connectivity index (χ0n) is 17.1. The Morgan fingerprint density at radius 2 is 2.03 bits per heavy atom. The monoisotopic (exact) mass is 488 g/mol. The molecule has 164 valence electrons. The van der Waals surface area contributed by atoms with Gasteiger partial charge in [0.1, 0.15) is 11.6 Å². The highest BCUT2D eigenvalue weighted by atomic mass is 35.5. The van der Waals surface area contributed by atoms with Gasteiger partial charge in [0.2, 0.25) is 5.91 Å². The number of anilines is 1. The van der Waals surface area contributed by atoms with Crippen LogP contribution in [0.25, 0.3) is 16.4 Å². The van der Waals surface area contributed by atoms with Crippen LogP contribution in [0.4, 0.5) is 10.1 Å². The predicted octanol–water partition coefficient (Wildman–Crippen LogP) is 5.92. The lowest BCUT2D eigenvalue weighted by Gasteiger charge is -2.16. The maximum Gasteiger partial charge on any atom is 0.237 e. The van der Waals surface area contributed by atoms with Crippen LogP contribution in [0.15, 0.2) is 65.1 Å². The van der Waals surface area contributed by atoms with E-state index in [-0.39, 0.29) is 10.9 Å². The number of aromatic nitrogens is 3. The lowest BCUT2D eigenvalue weighted by molar-refractivity contribution is -0.115. The van der Waals surface area contributed by atoms with Gasteiger partial charge in [0, 0.05) is 0 Å². The number of benzene rings is 2. The van der Waals surface area contributed by atoms with Crippen LogP contribution in [0.3, 0.4) is 0 Å². The number of amides is 1. The Morgan fingerprint density at radius 1 is 1.22 bits per heavy atom. The van der Waals surface area contributed by atoms with Crippen molar-refractivity contribution in [2.75, 3.05) is 12.4 Å². The number of thioether (sulfide) groups is 1. The minimum Gasteiger partial charge on any atom is -0.495 e. The van der Waals surface area contributed by atoms with Crippen LogP contribution >= 0.6 is 34.7 Å². The Kier molecular flexibility index (Phi) is 6.78. The van der Waals surface area contributed by atoms with Crippen LogP contribution in [0, 0.1) is 5.82 Å². The van der Waals surface area contributed by atoms with Crippen molar-refractivity contribution in [3.8, 4) is 22.1 Å². The molecule has 0 aliphatic carbocycles. The summed E-state index contributed by atoms with van der Waals surface area (Å²) in [7, 11) is 1.60. The first kappa shape index (κ1) is 22.3. The molecule has 2 heterocycles. The lowest BCUT2D eigenvalue weighted by Crippen LogP contribution is -2.23. The number of hydrogen-bond acceptors (Lipinski definition) is 6. The van der Waals surface area contributed by atoms with E-state index in [9.17, 15) is 9.18 Å². The molecule has 10 heteroatoms. The maximum absolute atomic E-state index is 13.3. The Balaban J connectivity index is 1.65. The Bertz CT molecular complexity index is 1250.